The van der Waals surface area contributed by atoms with Gasteiger partial charge in [0, 0.05) is 10.7 Å². The number of imidazole rings is 1. The Kier molecular flexibility index (Phi) is 4.08. The molecule has 0 saturated heterocycles. The van der Waals surface area contributed by atoms with Gasteiger partial charge in [-0.2, -0.15) is 0 Å². The molecular formula is C16H14ClN3O3. The van der Waals surface area contributed by atoms with Crippen LogP contribution < -0.4 is 15.7 Å². The number of nitrogens with one attached hydrogen (secondary N) is 3. The first kappa shape index (κ1) is 15.2. The zero-order chi connectivity index (χ0) is 16.4. The standard InChI is InChI=1S/C16H14ClN3O3/c1-9-6-13-14(20-16(22)19-13)7-12(9)18-15(21)8-23-11-4-2-10(17)3-5-11/h2-7H,8H2,1H3,(H,18,21)(H2,19,20,22). The van der Waals surface area contributed by atoms with Crippen LogP contribution >= 0.6 is 11.6 Å². The van der Waals surface area contributed by atoms with Gasteiger partial charge in [-0.15, -0.1) is 0 Å². The van der Waals surface area contributed by atoms with Crippen molar-refractivity contribution in [2.75, 3.05) is 11.9 Å². The van der Waals surface area contributed by atoms with E-state index >= 15 is 0 Å². The fourth-order valence-electron chi connectivity index (χ4n) is 2.19. The van der Waals surface area contributed by atoms with Crippen LogP contribution in [-0.2, 0) is 4.79 Å². The van der Waals surface area contributed by atoms with Crippen molar-refractivity contribution in [2.24, 2.45) is 0 Å². The summed E-state index contributed by atoms with van der Waals surface area (Å²) in [6, 6.07) is 10.3. The van der Waals surface area contributed by atoms with Gasteiger partial charge in [-0.25, -0.2) is 4.79 Å². The Balaban J connectivity index is 1.68. The number of amides is 1. The van der Waals surface area contributed by atoms with Gasteiger partial charge in [-0.05, 0) is 48.9 Å². The maximum Gasteiger partial charge on any atom is 0.323 e. The second-order valence-corrected chi connectivity index (χ2v) is 5.52. The number of ether oxygens (including phenoxy) is 1. The number of carbonyl (C=O) groups is 1. The molecule has 7 heteroatoms. The maximum atomic E-state index is 12.0. The number of aromatic nitrogens is 2. The van der Waals surface area contributed by atoms with Crippen molar-refractivity contribution < 1.29 is 9.53 Å². The molecule has 0 aliphatic heterocycles. The van der Waals surface area contributed by atoms with Crippen molar-refractivity contribution in [2.45, 2.75) is 6.92 Å². The molecule has 1 amide bonds. The first-order valence-corrected chi connectivity index (χ1v) is 7.30. The summed E-state index contributed by atoms with van der Waals surface area (Å²) in [5.41, 5.74) is 2.51. The quantitative estimate of drug-likeness (QED) is 0.687. The van der Waals surface area contributed by atoms with Crippen molar-refractivity contribution >= 4 is 34.2 Å². The number of hydrogen-bond acceptors (Lipinski definition) is 3. The summed E-state index contributed by atoms with van der Waals surface area (Å²) < 4.78 is 5.39. The third-order valence-corrected chi connectivity index (χ3v) is 3.57. The van der Waals surface area contributed by atoms with E-state index in [-0.39, 0.29) is 18.2 Å². The SMILES string of the molecule is Cc1cc2[nH]c(=O)[nH]c2cc1NC(=O)COc1ccc(Cl)cc1. The summed E-state index contributed by atoms with van der Waals surface area (Å²) in [6.07, 6.45) is 0. The Labute approximate surface area is 136 Å². The van der Waals surface area contributed by atoms with Crippen LogP contribution in [0.1, 0.15) is 5.56 Å². The number of hydrogen-bond donors (Lipinski definition) is 3. The maximum absolute atomic E-state index is 12.0. The van der Waals surface area contributed by atoms with Crippen molar-refractivity contribution in [3.63, 3.8) is 0 Å². The average molecular weight is 332 g/mol. The van der Waals surface area contributed by atoms with Gasteiger partial charge in [0.25, 0.3) is 5.91 Å². The van der Waals surface area contributed by atoms with Crippen molar-refractivity contribution in [1.29, 1.82) is 0 Å². The lowest BCUT2D eigenvalue weighted by Gasteiger charge is -2.10. The molecule has 0 bridgehead atoms. The Hall–Kier alpha value is -2.73. The Morgan fingerprint density at radius 3 is 2.52 bits per heavy atom. The molecule has 3 rings (SSSR count). The first-order chi connectivity index (χ1) is 11.0. The molecule has 23 heavy (non-hydrogen) atoms. The molecule has 1 heterocycles. The van der Waals surface area contributed by atoms with E-state index in [0.717, 1.165) is 5.56 Å². The molecule has 0 aliphatic carbocycles. The number of halogens is 1. The van der Waals surface area contributed by atoms with E-state index in [0.29, 0.717) is 27.5 Å². The average Bonchev–Trinajstić information content (AvgIpc) is 2.86. The van der Waals surface area contributed by atoms with Crippen LogP contribution in [0.2, 0.25) is 5.02 Å². The molecule has 0 aliphatic rings. The smallest absolute Gasteiger partial charge is 0.323 e. The van der Waals surface area contributed by atoms with Crippen molar-refractivity contribution in [3.05, 3.63) is 57.5 Å². The van der Waals surface area contributed by atoms with E-state index < -0.39 is 0 Å². The van der Waals surface area contributed by atoms with E-state index in [9.17, 15) is 9.59 Å². The normalized spacial score (nSPS) is 10.7. The van der Waals surface area contributed by atoms with E-state index in [4.69, 9.17) is 16.3 Å². The molecule has 1 aromatic heterocycles. The Bertz CT molecular complexity index is 912. The molecule has 6 nitrogen and oxygen atoms in total. The number of aryl methyl sites for hydroxylation is 1. The fraction of sp³-hybridized carbons (Fsp3) is 0.125. The number of rotatable bonds is 4. The summed E-state index contributed by atoms with van der Waals surface area (Å²) in [6.45, 7) is 1.73. The van der Waals surface area contributed by atoms with Crippen LogP contribution in [0.5, 0.6) is 5.75 Å². The predicted octanol–water partition coefficient (Wildman–Crippen LogP) is 2.84. The fourth-order valence-corrected chi connectivity index (χ4v) is 2.32. The van der Waals surface area contributed by atoms with Crippen LogP contribution in [0.3, 0.4) is 0 Å². The van der Waals surface area contributed by atoms with Gasteiger partial charge in [-0.1, -0.05) is 11.6 Å². The minimum atomic E-state index is -0.291. The van der Waals surface area contributed by atoms with Gasteiger partial charge in [0.05, 0.1) is 11.0 Å². The molecule has 0 radical (unpaired) electrons. The first-order valence-electron chi connectivity index (χ1n) is 6.92. The molecule has 0 spiro atoms. The van der Waals surface area contributed by atoms with Gasteiger partial charge >= 0.3 is 5.69 Å². The minimum absolute atomic E-state index is 0.122. The second-order valence-electron chi connectivity index (χ2n) is 5.08. The van der Waals surface area contributed by atoms with Gasteiger partial charge in [0.2, 0.25) is 0 Å². The summed E-state index contributed by atoms with van der Waals surface area (Å²) >= 11 is 5.79. The lowest BCUT2D eigenvalue weighted by Crippen LogP contribution is -2.20. The van der Waals surface area contributed by atoms with Gasteiger partial charge < -0.3 is 20.0 Å². The highest BCUT2D eigenvalue weighted by molar-refractivity contribution is 6.30. The highest BCUT2D eigenvalue weighted by atomic mass is 35.5. The number of aromatic amines is 2. The van der Waals surface area contributed by atoms with Gasteiger partial charge in [0.15, 0.2) is 6.61 Å². The van der Waals surface area contributed by atoms with Gasteiger partial charge in [0.1, 0.15) is 5.75 Å². The molecule has 0 fully saturated rings. The second kappa shape index (κ2) is 6.18. The summed E-state index contributed by atoms with van der Waals surface area (Å²) in [5.74, 6) is 0.270. The molecule has 3 aromatic rings. The van der Waals surface area contributed by atoms with Crippen LogP contribution in [0.25, 0.3) is 11.0 Å². The number of carbonyl (C=O) groups excluding carboxylic acids is 1. The molecule has 118 valence electrons. The largest absolute Gasteiger partial charge is 0.484 e. The zero-order valence-electron chi connectivity index (χ0n) is 12.3. The number of anilines is 1. The van der Waals surface area contributed by atoms with Gasteiger partial charge in [-0.3, -0.25) is 4.79 Å². The topological polar surface area (TPSA) is 87.0 Å². The van der Waals surface area contributed by atoms with Crippen LogP contribution in [0, 0.1) is 6.92 Å². The predicted molar refractivity (Wildman–Crippen MR) is 89.2 cm³/mol. The third kappa shape index (κ3) is 3.54. The van der Waals surface area contributed by atoms with E-state index in [1.54, 1.807) is 36.4 Å². The minimum Gasteiger partial charge on any atom is -0.484 e. The van der Waals surface area contributed by atoms with Crippen LogP contribution in [0.4, 0.5) is 5.69 Å². The summed E-state index contributed by atoms with van der Waals surface area (Å²) in [4.78, 5) is 28.6. The zero-order valence-corrected chi connectivity index (χ0v) is 13.0. The highest BCUT2D eigenvalue weighted by Gasteiger charge is 2.09. The van der Waals surface area contributed by atoms with Crippen LogP contribution in [-0.4, -0.2) is 22.5 Å². The Morgan fingerprint density at radius 2 is 1.83 bits per heavy atom. The van der Waals surface area contributed by atoms with E-state index in [1.165, 1.54) is 0 Å². The van der Waals surface area contributed by atoms with E-state index in [2.05, 4.69) is 15.3 Å². The third-order valence-electron chi connectivity index (χ3n) is 3.32. The molecule has 0 unspecified atom stereocenters. The lowest BCUT2D eigenvalue weighted by molar-refractivity contribution is -0.118. The van der Waals surface area contributed by atoms with Crippen LogP contribution in [0.15, 0.2) is 41.2 Å². The molecular weight excluding hydrogens is 318 g/mol. The number of H-pyrrole nitrogens is 2. The Morgan fingerprint density at radius 1 is 1.17 bits per heavy atom. The molecule has 3 N–H and O–H groups in total. The molecule has 0 atom stereocenters. The monoisotopic (exact) mass is 331 g/mol. The summed E-state index contributed by atoms with van der Waals surface area (Å²) in [5, 5.41) is 3.37. The van der Waals surface area contributed by atoms with E-state index in [1.807, 2.05) is 6.92 Å². The highest BCUT2D eigenvalue weighted by Crippen LogP contribution is 2.20. The molecule has 0 saturated carbocycles. The van der Waals surface area contributed by atoms with Crippen molar-refractivity contribution in [3.8, 4) is 5.75 Å². The van der Waals surface area contributed by atoms with Crippen molar-refractivity contribution in [1.82, 2.24) is 9.97 Å². The number of fused-ring (bicyclic) bond motifs is 1. The molecule has 2 aromatic carbocycles. The number of benzene rings is 2. The lowest BCUT2D eigenvalue weighted by atomic mass is 10.1. The summed E-state index contributed by atoms with van der Waals surface area (Å²) in [7, 11) is 0.